The standard InChI is InChI=1S/C13H21N3O2S/c1-3-7-15-12-6-8-14-9-13(12)19(17,18)16-10(2)11-4-5-11/h6,8-11,16H,3-5,7H2,1-2H3,(H,14,15). The average molecular weight is 283 g/mol. The number of rotatable bonds is 7. The summed E-state index contributed by atoms with van der Waals surface area (Å²) in [6.07, 6.45) is 6.16. The largest absolute Gasteiger partial charge is 0.384 e. The van der Waals surface area contributed by atoms with Gasteiger partial charge in [0.15, 0.2) is 0 Å². The van der Waals surface area contributed by atoms with E-state index in [0.29, 0.717) is 11.6 Å². The Morgan fingerprint density at radius 3 is 2.84 bits per heavy atom. The Labute approximate surface area is 114 Å². The van der Waals surface area contributed by atoms with Crippen LogP contribution in [0, 0.1) is 5.92 Å². The van der Waals surface area contributed by atoms with Crippen molar-refractivity contribution in [1.82, 2.24) is 9.71 Å². The summed E-state index contributed by atoms with van der Waals surface area (Å²) in [5.41, 5.74) is 0.618. The molecule has 0 aromatic carbocycles. The van der Waals surface area contributed by atoms with E-state index in [4.69, 9.17) is 0 Å². The molecule has 1 heterocycles. The van der Waals surface area contributed by atoms with Crippen LogP contribution in [0.1, 0.15) is 33.1 Å². The Balaban J connectivity index is 2.18. The number of anilines is 1. The molecule has 0 radical (unpaired) electrons. The van der Waals surface area contributed by atoms with Gasteiger partial charge in [0.05, 0.1) is 5.69 Å². The molecule has 2 rings (SSSR count). The minimum atomic E-state index is -3.50. The normalized spacial score (nSPS) is 17.2. The first-order valence-corrected chi connectivity index (χ1v) is 8.23. The fourth-order valence-corrected chi connectivity index (χ4v) is 3.44. The Morgan fingerprint density at radius 2 is 2.21 bits per heavy atom. The van der Waals surface area contributed by atoms with Gasteiger partial charge in [0, 0.05) is 25.0 Å². The van der Waals surface area contributed by atoms with Gasteiger partial charge < -0.3 is 5.32 Å². The second-order valence-corrected chi connectivity index (χ2v) is 6.73. The van der Waals surface area contributed by atoms with E-state index in [1.807, 2.05) is 13.8 Å². The SMILES string of the molecule is CCCNc1ccncc1S(=O)(=O)NC(C)C1CC1. The van der Waals surface area contributed by atoms with Crippen LogP contribution in [0.15, 0.2) is 23.4 Å². The van der Waals surface area contributed by atoms with Crippen molar-refractivity contribution in [1.29, 1.82) is 0 Å². The molecule has 0 spiro atoms. The van der Waals surface area contributed by atoms with E-state index in [1.165, 1.54) is 6.20 Å². The second-order valence-electron chi connectivity index (χ2n) is 5.05. The van der Waals surface area contributed by atoms with Gasteiger partial charge in [-0.25, -0.2) is 13.1 Å². The predicted molar refractivity (Wildman–Crippen MR) is 75.5 cm³/mol. The summed E-state index contributed by atoms with van der Waals surface area (Å²) in [6, 6.07) is 1.69. The highest BCUT2D eigenvalue weighted by Crippen LogP contribution is 2.33. The number of hydrogen-bond acceptors (Lipinski definition) is 4. The molecule has 1 unspecified atom stereocenters. The molecule has 1 aliphatic carbocycles. The molecule has 1 aliphatic rings. The Morgan fingerprint density at radius 1 is 1.47 bits per heavy atom. The molecule has 0 aliphatic heterocycles. The van der Waals surface area contributed by atoms with Gasteiger partial charge in [-0.05, 0) is 38.2 Å². The van der Waals surface area contributed by atoms with Gasteiger partial charge in [-0.3, -0.25) is 4.98 Å². The van der Waals surface area contributed by atoms with Gasteiger partial charge in [-0.1, -0.05) is 6.92 Å². The maximum absolute atomic E-state index is 12.4. The highest BCUT2D eigenvalue weighted by molar-refractivity contribution is 7.89. The molecule has 5 nitrogen and oxygen atoms in total. The maximum Gasteiger partial charge on any atom is 0.244 e. The molecule has 0 saturated heterocycles. The van der Waals surface area contributed by atoms with Crippen LogP contribution in [0.2, 0.25) is 0 Å². The first kappa shape index (κ1) is 14.3. The van der Waals surface area contributed by atoms with Crippen LogP contribution in [-0.2, 0) is 10.0 Å². The zero-order valence-electron chi connectivity index (χ0n) is 11.4. The van der Waals surface area contributed by atoms with Crippen LogP contribution in [-0.4, -0.2) is 26.0 Å². The van der Waals surface area contributed by atoms with Crippen molar-refractivity contribution in [2.24, 2.45) is 5.92 Å². The van der Waals surface area contributed by atoms with Crippen molar-refractivity contribution in [2.75, 3.05) is 11.9 Å². The van der Waals surface area contributed by atoms with Crippen molar-refractivity contribution in [3.05, 3.63) is 18.5 Å². The highest BCUT2D eigenvalue weighted by atomic mass is 32.2. The topological polar surface area (TPSA) is 71.1 Å². The van der Waals surface area contributed by atoms with E-state index in [1.54, 1.807) is 12.3 Å². The molecular formula is C13H21N3O2S. The first-order valence-electron chi connectivity index (χ1n) is 6.75. The average Bonchev–Trinajstić information content (AvgIpc) is 3.20. The fourth-order valence-electron chi connectivity index (χ4n) is 2.00. The highest BCUT2D eigenvalue weighted by Gasteiger charge is 2.31. The zero-order valence-corrected chi connectivity index (χ0v) is 12.2. The molecule has 106 valence electrons. The lowest BCUT2D eigenvalue weighted by Crippen LogP contribution is -2.34. The Bertz CT molecular complexity index is 526. The summed E-state index contributed by atoms with van der Waals surface area (Å²) in [6.45, 7) is 4.70. The Kier molecular flexibility index (Phi) is 4.42. The van der Waals surface area contributed by atoms with Gasteiger partial charge >= 0.3 is 0 Å². The monoisotopic (exact) mass is 283 g/mol. The molecule has 0 bridgehead atoms. The van der Waals surface area contributed by atoms with Gasteiger partial charge in [-0.2, -0.15) is 0 Å². The lowest BCUT2D eigenvalue weighted by atomic mass is 10.2. The minimum absolute atomic E-state index is 0.00997. The lowest BCUT2D eigenvalue weighted by molar-refractivity contribution is 0.538. The van der Waals surface area contributed by atoms with Gasteiger partial charge in [-0.15, -0.1) is 0 Å². The van der Waals surface area contributed by atoms with Crippen molar-refractivity contribution in [3.8, 4) is 0 Å². The number of pyridine rings is 1. The van der Waals surface area contributed by atoms with Crippen molar-refractivity contribution < 1.29 is 8.42 Å². The van der Waals surface area contributed by atoms with E-state index in [9.17, 15) is 8.42 Å². The second kappa shape index (κ2) is 5.88. The molecule has 6 heteroatoms. The number of nitrogens with one attached hydrogen (secondary N) is 2. The lowest BCUT2D eigenvalue weighted by Gasteiger charge is -2.16. The van der Waals surface area contributed by atoms with E-state index in [0.717, 1.165) is 25.8 Å². The fraction of sp³-hybridized carbons (Fsp3) is 0.615. The molecule has 1 atom stereocenters. The van der Waals surface area contributed by atoms with E-state index in [2.05, 4.69) is 15.0 Å². The van der Waals surface area contributed by atoms with E-state index in [-0.39, 0.29) is 10.9 Å². The minimum Gasteiger partial charge on any atom is -0.384 e. The third-order valence-corrected chi connectivity index (χ3v) is 4.90. The van der Waals surface area contributed by atoms with E-state index < -0.39 is 10.0 Å². The molecular weight excluding hydrogens is 262 g/mol. The zero-order chi connectivity index (χ0) is 13.9. The summed E-state index contributed by atoms with van der Waals surface area (Å²) in [5.74, 6) is 0.485. The van der Waals surface area contributed by atoms with Crippen LogP contribution < -0.4 is 10.0 Å². The van der Waals surface area contributed by atoms with Gasteiger partial charge in [0.1, 0.15) is 4.90 Å². The van der Waals surface area contributed by atoms with Crippen molar-refractivity contribution >= 4 is 15.7 Å². The smallest absolute Gasteiger partial charge is 0.244 e. The number of hydrogen-bond donors (Lipinski definition) is 2. The van der Waals surface area contributed by atoms with Crippen molar-refractivity contribution in [3.63, 3.8) is 0 Å². The molecule has 0 amide bonds. The third kappa shape index (κ3) is 3.67. The molecule has 1 aromatic rings. The number of aromatic nitrogens is 1. The predicted octanol–water partition coefficient (Wildman–Crippen LogP) is 1.98. The Hall–Kier alpha value is -1.14. The quantitative estimate of drug-likeness (QED) is 0.802. The van der Waals surface area contributed by atoms with Crippen LogP contribution >= 0.6 is 0 Å². The number of sulfonamides is 1. The summed E-state index contributed by atoms with van der Waals surface area (Å²) in [4.78, 5) is 4.16. The molecule has 1 saturated carbocycles. The molecule has 19 heavy (non-hydrogen) atoms. The maximum atomic E-state index is 12.4. The molecule has 1 fully saturated rings. The van der Waals surface area contributed by atoms with E-state index >= 15 is 0 Å². The van der Waals surface area contributed by atoms with Gasteiger partial charge in [0.2, 0.25) is 10.0 Å². The summed E-state index contributed by atoms with van der Waals surface area (Å²) >= 11 is 0. The van der Waals surface area contributed by atoms with Crippen LogP contribution in [0.4, 0.5) is 5.69 Å². The number of nitrogens with zero attached hydrogens (tertiary/aromatic N) is 1. The first-order chi connectivity index (χ1) is 9.04. The molecule has 2 N–H and O–H groups in total. The van der Waals surface area contributed by atoms with Crippen molar-refractivity contribution in [2.45, 2.75) is 44.0 Å². The summed E-state index contributed by atoms with van der Waals surface area (Å²) in [5, 5.41) is 3.13. The molecule has 1 aromatic heterocycles. The third-order valence-electron chi connectivity index (χ3n) is 3.31. The van der Waals surface area contributed by atoms with Crippen LogP contribution in [0.5, 0.6) is 0 Å². The summed E-state index contributed by atoms with van der Waals surface area (Å²) in [7, 11) is -3.50. The van der Waals surface area contributed by atoms with Crippen LogP contribution in [0.3, 0.4) is 0 Å². The van der Waals surface area contributed by atoms with Crippen LogP contribution in [0.25, 0.3) is 0 Å². The van der Waals surface area contributed by atoms with Gasteiger partial charge in [0.25, 0.3) is 0 Å². The summed E-state index contributed by atoms with van der Waals surface area (Å²) < 4.78 is 27.5.